The maximum absolute atomic E-state index is 11.1. The van der Waals surface area contributed by atoms with Crippen molar-refractivity contribution in [3.63, 3.8) is 0 Å². The molecule has 0 amide bonds. The summed E-state index contributed by atoms with van der Waals surface area (Å²) < 4.78 is 6.26. The summed E-state index contributed by atoms with van der Waals surface area (Å²) in [6.07, 6.45) is 0. The van der Waals surface area contributed by atoms with Crippen molar-refractivity contribution in [1.82, 2.24) is 0 Å². The number of hydrogen-bond donors (Lipinski definition) is 1. The molecule has 21 heavy (non-hydrogen) atoms. The minimum atomic E-state index is -0.456. The quantitative estimate of drug-likeness (QED) is 0.657. The first kappa shape index (κ1) is 15.5. The van der Waals surface area contributed by atoms with Gasteiger partial charge in [0.05, 0.1) is 11.5 Å². The Hall–Kier alpha value is -1.92. The van der Waals surface area contributed by atoms with Gasteiger partial charge in [-0.2, -0.15) is 0 Å². The first-order valence-electron chi connectivity index (χ1n) is 6.27. The fourth-order valence-electron chi connectivity index (χ4n) is 1.93. The highest BCUT2D eigenvalue weighted by Gasteiger charge is 2.19. The number of ether oxygens (including phenoxy) is 1. The Bertz CT molecular complexity index is 655. The molecule has 0 radical (unpaired) electrons. The number of benzene rings is 2. The van der Waals surface area contributed by atoms with Crippen LogP contribution in [0.3, 0.4) is 0 Å². The van der Waals surface area contributed by atoms with Crippen LogP contribution in [-0.4, -0.2) is 10.0 Å². The van der Waals surface area contributed by atoms with Crippen LogP contribution in [0.5, 0.6) is 5.75 Å². The molecule has 0 heterocycles. The van der Waals surface area contributed by atoms with E-state index in [-0.39, 0.29) is 24.7 Å². The number of nitro groups is 1. The Morgan fingerprint density at radius 2 is 1.86 bits per heavy atom. The van der Waals surface area contributed by atoms with Gasteiger partial charge in [0.2, 0.25) is 0 Å². The van der Waals surface area contributed by atoms with Gasteiger partial charge in [0.15, 0.2) is 5.75 Å². The summed E-state index contributed by atoms with van der Waals surface area (Å²) in [6, 6.07) is 10.4. The van der Waals surface area contributed by atoms with Crippen LogP contribution in [0.2, 0.25) is 0 Å². The van der Waals surface area contributed by atoms with Gasteiger partial charge in [-0.15, -0.1) is 0 Å². The van der Waals surface area contributed by atoms with Crippen LogP contribution in [0, 0.1) is 17.0 Å². The second-order valence-corrected chi connectivity index (χ2v) is 5.51. The number of halogens is 1. The molecule has 2 aromatic rings. The number of nitro benzene ring substituents is 1. The first-order chi connectivity index (χ1) is 10.0. The number of hydrogen-bond acceptors (Lipinski definition) is 4. The van der Waals surface area contributed by atoms with E-state index in [1.54, 1.807) is 25.1 Å². The van der Waals surface area contributed by atoms with Crippen molar-refractivity contribution < 1.29 is 14.8 Å². The standard InChI is InChI=1S/C15H14BrNO4/c1-10-6-13(16)7-14(17(19)20)15(10)21-9-12-4-2-11(8-18)3-5-12/h2-7,18H,8-9H2,1H3. The predicted molar refractivity (Wildman–Crippen MR) is 82.2 cm³/mol. The molecular weight excluding hydrogens is 338 g/mol. The van der Waals surface area contributed by atoms with E-state index < -0.39 is 4.92 Å². The molecule has 0 aliphatic heterocycles. The molecule has 6 heteroatoms. The molecule has 0 atom stereocenters. The SMILES string of the molecule is Cc1cc(Br)cc([N+](=O)[O-])c1OCc1ccc(CO)cc1. The van der Waals surface area contributed by atoms with Crippen molar-refractivity contribution in [3.8, 4) is 5.75 Å². The highest BCUT2D eigenvalue weighted by atomic mass is 79.9. The van der Waals surface area contributed by atoms with Gasteiger partial charge in [0, 0.05) is 10.5 Å². The third kappa shape index (κ3) is 3.80. The molecule has 0 fully saturated rings. The van der Waals surface area contributed by atoms with Crippen LogP contribution in [0.1, 0.15) is 16.7 Å². The van der Waals surface area contributed by atoms with E-state index in [1.807, 2.05) is 12.1 Å². The van der Waals surface area contributed by atoms with Crippen molar-refractivity contribution in [1.29, 1.82) is 0 Å². The van der Waals surface area contributed by atoms with Crippen LogP contribution in [-0.2, 0) is 13.2 Å². The molecule has 0 saturated carbocycles. The molecule has 0 spiro atoms. The zero-order valence-corrected chi connectivity index (χ0v) is 13.0. The Morgan fingerprint density at radius 1 is 1.24 bits per heavy atom. The molecule has 5 nitrogen and oxygen atoms in total. The third-order valence-corrected chi connectivity index (χ3v) is 3.46. The van der Waals surface area contributed by atoms with E-state index in [0.29, 0.717) is 10.0 Å². The lowest BCUT2D eigenvalue weighted by atomic mass is 10.1. The number of aliphatic hydroxyl groups is 1. The second kappa shape index (κ2) is 6.69. The Balaban J connectivity index is 2.20. The summed E-state index contributed by atoms with van der Waals surface area (Å²) in [5.41, 5.74) is 2.32. The minimum absolute atomic E-state index is 0.0154. The summed E-state index contributed by atoms with van der Waals surface area (Å²) in [6.45, 7) is 1.98. The highest BCUT2D eigenvalue weighted by Crippen LogP contribution is 2.34. The molecule has 0 aromatic heterocycles. The molecule has 0 aliphatic carbocycles. The lowest BCUT2D eigenvalue weighted by Gasteiger charge is -2.10. The van der Waals surface area contributed by atoms with Crippen LogP contribution in [0.4, 0.5) is 5.69 Å². The summed E-state index contributed by atoms with van der Waals surface area (Å²) in [5.74, 6) is 0.273. The van der Waals surface area contributed by atoms with Crippen molar-refractivity contribution >= 4 is 21.6 Å². The normalized spacial score (nSPS) is 10.4. The van der Waals surface area contributed by atoms with E-state index in [9.17, 15) is 10.1 Å². The summed E-state index contributed by atoms with van der Waals surface area (Å²) in [4.78, 5) is 10.6. The largest absolute Gasteiger partial charge is 0.482 e. The van der Waals surface area contributed by atoms with Crippen molar-refractivity contribution in [2.75, 3.05) is 0 Å². The summed E-state index contributed by atoms with van der Waals surface area (Å²) in [7, 11) is 0. The van der Waals surface area contributed by atoms with Gasteiger partial charge >= 0.3 is 5.69 Å². The topological polar surface area (TPSA) is 72.6 Å². The molecule has 0 saturated heterocycles. The number of rotatable bonds is 5. The van der Waals surface area contributed by atoms with Gasteiger partial charge < -0.3 is 9.84 Å². The highest BCUT2D eigenvalue weighted by molar-refractivity contribution is 9.10. The number of aryl methyl sites for hydroxylation is 1. The average molecular weight is 352 g/mol. The molecule has 0 aliphatic rings. The van der Waals surface area contributed by atoms with E-state index in [0.717, 1.165) is 11.1 Å². The zero-order chi connectivity index (χ0) is 15.4. The fraction of sp³-hybridized carbons (Fsp3) is 0.200. The van der Waals surface area contributed by atoms with Gasteiger partial charge in [0.25, 0.3) is 0 Å². The summed E-state index contributed by atoms with van der Waals surface area (Å²) >= 11 is 3.24. The lowest BCUT2D eigenvalue weighted by molar-refractivity contribution is -0.386. The van der Waals surface area contributed by atoms with Crippen molar-refractivity contribution in [2.24, 2.45) is 0 Å². The monoisotopic (exact) mass is 351 g/mol. The van der Waals surface area contributed by atoms with Crippen LogP contribution in [0.25, 0.3) is 0 Å². The molecular formula is C15H14BrNO4. The second-order valence-electron chi connectivity index (χ2n) is 4.59. The van der Waals surface area contributed by atoms with Gasteiger partial charge in [-0.3, -0.25) is 10.1 Å². The summed E-state index contributed by atoms with van der Waals surface area (Å²) in [5, 5.41) is 20.1. The molecule has 1 N–H and O–H groups in total. The molecule has 2 rings (SSSR count). The molecule has 0 bridgehead atoms. The van der Waals surface area contributed by atoms with E-state index in [4.69, 9.17) is 9.84 Å². The molecule has 2 aromatic carbocycles. The van der Waals surface area contributed by atoms with Gasteiger partial charge in [0.1, 0.15) is 6.61 Å². The fourth-order valence-corrected chi connectivity index (χ4v) is 2.49. The van der Waals surface area contributed by atoms with Gasteiger partial charge in [-0.25, -0.2) is 0 Å². The predicted octanol–water partition coefficient (Wildman–Crippen LogP) is 3.74. The number of nitrogens with zero attached hydrogens (tertiary/aromatic N) is 1. The van der Waals surface area contributed by atoms with E-state index in [1.165, 1.54) is 6.07 Å². The minimum Gasteiger partial charge on any atom is -0.482 e. The smallest absolute Gasteiger partial charge is 0.312 e. The van der Waals surface area contributed by atoms with Gasteiger partial charge in [-0.1, -0.05) is 40.2 Å². The maximum Gasteiger partial charge on any atom is 0.312 e. The zero-order valence-electron chi connectivity index (χ0n) is 11.4. The van der Waals surface area contributed by atoms with Crippen LogP contribution in [0.15, 0.2) is 40.9 Å². The Labute approximate surface area is 130 Å². The first-order valence-corrected chi connectivity index (χ1v) is 7.06. The van der Waals surface area contributed by atoms with E-state index in [2.05, 4.69) is 15.9 Å². The molecule has 110 valence electrons. The Morgan fingerprint density at radius 3 is 2.43 bits per heavy atom. The maximum atomic E-state index is 11.1. The van der Waals surface area contributed by atoms with E-state index >= 15 is 0 Å². The van der Waals surface area contributed by atoms with Gasteiger partial charge in [-0.05, 0) is 29.7 Å². The van der Waals surface area contributed by atoms with Crippen LogP contribution >= 0.6 is 15.9 Å². The number of aliphatic hydroxyl groups excluding tert-OH is 1. The van der Waals surface area contributed by atoms with Crippen molar-refractivity contribution in [2.45, 2.75) is 20.1 Å². The average Bonchev–Trinajstić information content (AvgIpc) is 2.46. The Kier molecular flexibility index (Phi) is 4.93. The lowest BCUT2D eigenvalue weighted by Crippen LogP contribution is -2.01. The van der Waals surface area contributed by atoms with Crippen LogP contribution < -0.4 is 4.74 Å². The third-order valence-electron chi connectivity index (χ3n) is 3.01. The molecule has 0 unspecified atom stereocenters. The van der Waals surface area contributed by atoms with Crippen molar-refractivity contribution in [3.05, 3.63) is 67.7 Å².